The maximum absolute atomic E-state index is 9.89. The van der Waals surface area contributed by atoms with Gasteiger partial charge in [0.25, 0.3) is 0 Å². The highest BCUT2D eigenvalue weighted by atomic mass is 16.3. The molecular formula is C44H28O. The maximum Gasteiger partial charge on any atom is 0.136 e. The molecule has 8 aromatic carbocycles. The van der Waals surface area contributed by atoms with Gasteiger partial charge in [0.1, 0.15) is 11.2 Å². The first kappa shape index (κ1) is 14.7. The summed E-state index contributed by atoms with van der Waals surface area (Å²) in [5, 5.41) is 1.78. The summed E-state index contributed by atoms with van der Waals surface area (Å²) >= 11 is 0. The molecule has 9 rings (SSSR count). The fourth-order valence-corrected chi connectivity index (χ4v) is 6.13. The van der Waals surface area contributed by atoms with Crippen LogP contribution in [-0.4, -0.2) is 0 Å². The number of furan rings is 1. The van der Waals surface area contributed by atoms with Gasteiger partial charge in [0.15, 0.2) is 0 Å². The Morgan fingerprint density at radius 2 is 0.911 bits per heavy atom. The minimum atomic E-state index is -0.675. The summed E-state index contributed by atoms with van der Waals surface area (Å²) in [5.41, 5.74) is 0.618. The molecule has 0 bridgehead atoms. The SMILES string of the molecule is [2H]c1c([2H])c([2H])c(-c2c([2H])c([2H])c([2H])c([2H])c2-c2c3ccccc3c(-c3c(-c4ccccc4)c([2H])c4c(oc5c([2H])c([2H])c([2H])c([2H])c54)c3[2H])c3ccccc23)c([2H])c1[2H]. The molecule has 0 radical (unpaired) electrons. The van der Waals surface area contributed by atoms with Crippen molar-refractivity contribution in [2.24, 2.45) is 0 Å². The van der Waals surface area contributed by atoms with Crippen molar-refractivity contribution in [3.05, 3.63) is 169 Å². The molecule has 1 nitrogen and oxygen atoms in total. The highest BCUT2D eigenvalue weighted by molar-refractivity contribution is 6.24. The van der Waals surface area contributed by atoms with Crippen molar-refractivity contribution in [1.29, 1.82) is 0 Å². The molecule has 0 atom stereocenters. The van der Waals surface area contributed by atoms with Gasteiger partial charge in [-0.25, -0.2) is 0 Å². The smallest absolute Gasteiger partial charge is 0.136 e. The minimum absolute atomic E-state index is 0.0262. The van der Waals surface area contributed by atoms with Crippen molar-refractivity contribution in [1.82, 2.24) is 0 Å². The fraction of sp³-hybridized carbons (Fsp3) is 0. The van der Waals surface area contributed by atoms with Crippen LogP contribution in [0.2, 0.25) is 0 Å². The zero-order valence-electron chi connectivity index (χ0n) is 38.4. The van der Waals surface area contributed by atoms with E-state index in [2.05, 4.69) is 0 Å². The summed E-state index contributed by atoms with van der Waals surface area (Å²) in [4.78, 5) is 0. The van der Waals surface area contributed by atoms with E-state index in [9.17, 15) is 4.11 Å². The number of para-hydroxylation sites is 1. The molecule has 0 amide bonds. The van der Waals surface area contributed by atoms with Gasteiger partial charge in [-0.2, -0.15) is 0 Å². The normalized spacial score (nSPS) is 16.2. The van der Waals surface area contributed by atoms with Crippen molar-refractivity contribution in [3.63, 3.8) is 0 Å². The van der Waals surface area contributed by atoms with E-state index in [1.807, 2.05) is 0 Å². The van der Waals surface area contributed by atoms with Crippen LogP contribution in [0.25, 0.3) is 88.0 Å². The van der Waals surface area contributed by atoms with E-state index in [4.69, 9.17) is 20.9 Å². The van der Waals surface area contributed by atoms with Crippen molar-refractivity contribution in [2.75, 3.05) is 0 Å². The Hall–Kier alpha value is -5.92. The van der Waals surface area contributed by atoms with E-state index >= 15 is 0 Å². The molecule has 0 saturated carbocycles. The minimum Gasteiger partial charge on any atom is -0.456 e. The molecule has 0 spiro atoms. The highest BCUT2D eigenvalue weighted by Crippen LogP contribution is 2.49. The zero-order valence-corrected chi connectivity index (χ0v) is 23.4. The Bertz CT molecular complexity index is 3290. The van der Waals surface area contributed by atoms with Crippen LogP contribution in [0.1, 0.15) is 20.6 Å². The van der Waals surface area contributed by atoms with Gasteiger partial charge in [-0.05, 0) is 84.2 Å². The van der Waals surface area contributed by atoms with Gasteiger partial charge in [-0.1, -0.05) is 151 Å². The van der Waals surface area contributed by atoms with E-state index in [0.29, 0.717) is 32.7 Å². The summed E-state index contributed by atoms with van der Waals surface area (Å²) in [6.45, 7) is 0. The van der Waals surface area contributed by atoms with E-state index < -0.39 is 84.1 Å². The Morgan fingerprint density at radius 1 is 0.356 bits per heavy atom. The van der Waals surface area contributed by atoms with E-state index in [1.165, 1.54) is 0 Å². The second-order valence-corrected chi connectivity index (χ2v) is 10.5. The molecule has 0 aliphatic carbocycles. The monoisotopic (exact) mass is 587 g/mol. The van der Waals surface area contributed by atoms with Gasteiger partial charge in [-0.15, -0.1) is 0 Å². The Labute approximate surface area is 282 Å². The van der Waals surface area contributed by atoms with Crippen molar-refractivity contribution in [3.8, 4) is 44.5 Å². The van der Waals surface area contributed by atoms with Crippen LogP contribution in [0.4, 0.5) is 0 Å². The molecule has 0 aliphatic heterocycles. The summed E-state index contributed by atoms with van der Waals surface area (Å²) < 4.78 is 139. The lowest BCUT2D eigenvalue weighted by molar-refractivity contribution is 0.669. The zero-order chi connectivity index (χ0) is 42.8. The topological polar surface area (TPSA) is 13.1 Å². The Balaban J connectivity index is 1.52. The lowest BCUT2D eigenvalue weighted by atomic mass is 9.82. The Kier molecular flexibility index (Phi) is 3.39. The summed E-state index contributed by atoms with van der Waals surface area (Å²) in [6, 6.07) is 14.9. The predicted molar refractivity (Wildman–Crippen MR) is 190 cm³/mol. The fourth-order valence-electron chi connectivity index (χ4n) is 6.13. The van der Waals surface area contributed by atoms with Crippen LogP contribution in [0.15, 0.2) is 174 Å². The molecule has 1 aromatic heterocycles. The first-order valence-corrected chi connectivity index (χ1v) is 14.2. The highest BCUT2D eigenvalue weighted by Gasteiger charge is 2.22. The third kappa shape index (κ3) is 4.09. The molecular weight excluding hydrogens is 544 g/mol. The second kappa shape index (κ2) is 10.4. The van der Waals surface area contributed by atoms with Crippen LogP contribution in [0.3, 0.4) is 0 Å². The number of hydrogen-bond donors (Lipinski definition) is 0. The van der Waals surface area contributed by atoms with Crippen LogP contribution in [0, 0.1) is 0 Å². The van der Waals surface area contributed by atoms with Gasteiger partial charge in [0, 0.05) is 10.8 Å². The average molecular weight is 588 g/mol. The van der Waals surface area contributed by atoms with Crippen molar-refractivity contribution < 1.29 is 25.0 Å². The van der Waals surface area contributed by atoms with Crippen LogP contribution in [0.5, 0.6) is 0 Å². The maximum atomic E-state index is 9.89. The Morgan fingerprint density at radius 3 is 1.60 bits per heavy atom. The van der Waals surface area contributed by atoms with Crippen LogP contribution < -0.4 is 0 Å². The average Bonchev–Trinajstić information content (AvgIpc) is 3.67. The molecule has 1 heterocycles. The lowest BCUT2D eigenvalue weighted by Crippen LogP contribution is -1.94. The number of rotatable bonds is 4. The molecule has 210 valence electrons. The first-order chi connectivity index (χ1) is 28.6. The van der Waals surface area contributed by atoms with E-state index in [1.54, 1.807) is 78.9 Å². The molecule has 0 unspecified atom stereocenters. The summed E-state index contributed by atoms with van der Waals surface area (Å²) in [5.74, 6) is 0. The molecule has 0 aliphatic rings. The van der Waals surface area contributed by atoms with Gasteiger partial charge in [0.05, 0.1) is 20.6 Å². The molecule has 0 N–H and O–H groups in total. The third-order valence-electron chi connectivity index (χ3n) is 8.00. The van der Waals surface area contributed by atoms with Gasteiger partial charge in [-0.3, -0.25) is 0 Å². The number of benzene rings is 8. The lowest BCUT2D eigenvalue weighted by Gasteiger charge is -2.21. The second-order valence-electron chi connectivity index (χ2n) is 10.5. The van der Waals surface area contributed by atoms with Crippen molar-refractivity contribution in [2.45, 2.75) is 0 Å². The van der Waals surface area contributed by atoms with Gasteiger partial charge in [0.2, 0.25) is 0 Å². The summed E-state index contributed by atoms with van der Waals surface area (Å²) in [7, 11) is 0. The van der Waals surface area contributed by atoms with Crippen LogP contribution >= 0.6 is 0 Å². The molecule has 1 heteroatoms. The number of fused-ring (bicyclic) bond motifs is 5. The van der Waals surface area contributed by atoms with Crippen LogP contribution in [-0.2, 0) is 0 Å². The largest absolute Gasteiger partial charge is 0.456 e. The standard InChI is InChI=1S/C44H28O/c1-3-15-29(16-4-1)31-19-7-8-21-33(31)43-34-22-9-11-24-36(34)44(37-25-12-10-23-35(37)43)40-28-42-39(32-20-13-14-26-41(32)45-42)27-38(40)30-17-5-2-6-18-30/h1-28H/i1D,3D,4D,7D,8D,13D,14D,15D,16D,19D,20D,21D,26D,27D,28D. The number of hydrogen-bond acceptors (Lipinski definition) is 1. The molecule has 0 fully saturated rings. The predicted octanol–water partition coefficient (Wildman–Crippen LogP) is 12.6. The third-order valence-corrected chi connectivity index (χ3v) is 8.00. The molecule has 9 aromatic rings. The van der Waals surface area contributed by atoms with E-state index in [-0.39, 0.29) is 61.8 Å². The van der Waals surface area contributed by atoms with E-state index in [0.717, 1.165) is 0 Å². The summed E-state index contributed by atoms with van der Waals surface area (Å²) in [6.07, 6.45) is 0. The van der Waals surface area contributed by atoms with Crippen molar-refractivity contribution >= 4 is 43.5 Å². The van der Waals surface area contributed by atoms with Gasteiger partial charge < -0.3 is 4.42 Å². The molecule has 45 heavy (non-hydrogen) atoms. The first-order valence-electron chi connectivity index (χ1n) is 21.7. The molecule has 0 saturated heterocycles. The quantitative estimate of drug-likeness (QED) is 0.187. The van der Waals surface area contributed by atoms with Gasteiger partial charge >= 0.3 is 0 Å².